The fourth-order valence-corrected chi connectivity index (χ4v) is 2.16. The molecule has 114 valence electrons. The zero-order chi connectivity index (χ0) is 15.6. The molecule has 0 radical (unpaired) electrons. The summed E-state index contributed by atoms with van der Waals surface area (Å²) in [5.74, 6) is -1.37. The Bertz CT molecular complexity index is 570. The number of aryl methyl sites for hydroxylation is 1. The molecular formula is C14H17FN2O4. The van der Waals surface area contributed by atoms with Gasteiger partial charge < -0.3 is 20.1 Å². The van der Waals surface area contributed by atoms with E-state index in [2.05, 4.69) is 5.32 Å². The third-order valence-electron chi connectivity index (χ3n) is 3.29. The average Bonchev–Trinajstić information content (AvgIpc) is 2.37. The summed E-state index contributed by atoms with van der Waals surface area (Å²) in [5, 5.41) is 11.2. The molecule has 1 aliphatic heterocycles. The van der Waals surface area contributed by atoms with Crippen LogP contribution in [0.1, 0.15) is 12.5 Å². The van der Waals surface area contributed by atoms with Crippen molar-refractivity contribution in [1.29, 1.82) is 0 Å². The van der Waals surface area contributed by atoms with Crippen LogP contribution in [0.4, 0.5) is 14.9 Å². The third-order valence-corrected chi connectivity index (χ3v) is 3.29. The topological polar surface area (TPSA) is 78.9 Å². The number of carboxylic acids is 1. The predicted molar refractivity (Wildman–Crippen MR) is 73.7 cm³/mol. The van der Waals surface area contributed by atoms with Gasteiger partial charge in [0, 0.05) is 5.69 Å². The van der Waals surface area contributed by atoms with Gasteiger partial charge in [-0.05, 0) is 37.6 Å². The van der Waals surface area contributed by atoms with Crippen LogP contribution in [0, 0.1) is 12.7 Å². The molecule has 1 aromatic rings. The highest BCUT2D eigenvalue weighted by molar-refractivity contribution is 5.90. The number of rotatable bonds is 4. The number of urea groups is 1. The molecule has 0 unspecified atom stereocenters. The van der Waals surface area contributed by atoms with E-state index >= 15 is 0 Å². The molecule has 0 aliphatic carbocycles. The summed E-state index contributed by atoms with van der Waals surface area (Å²) in [6, 6.07) is 4.01. The number of nitrogens with zero attached hydrogens (tertiary/aromatic N) is 1. The molecule has 1 heterocycles. The van der Waals surface area contributed by atoms with Crippen LogP contribution in [-0.4, -0.2) is 47.3 Å². The lowest BCUT2D eigenvalue weighted by Gasteiger charge is -2.46. The van der Waals surface area contributed by atoms with E-state index in [1.165, 1.54) is 17.0 Å². The van der Waals surface area contributed by atoms with Crippen molar-refractivity contribution in [1.82, 2.24) is 4.90 Å². The van der Waals surface area contributed by atoms with Crippen LogP contribution in [0.5, 0.6) is 0 Å². The summed E-state index contributed by atoms with van der Waals surface area (Å²) in [6.45, 7) is 3.61. The largest absolute Gasteiger partial charge is 0.480 e. The van der Waals surface area contributed by atoms with E-state index in [-0.39, 0.29) is 18.5 Å². The molecule has 1 fully saturated rings. The molecule has 0 saturated carbocycles. The number of halogens is 1. The lowest BCUT2D eigenvalue weighted by atomic mass is 9.97. The molecule has 2 amide bonds. The first-order valence-corrected chi connectivity index (χ1v) is 6.47. The normalized spacial score (nSPS) is 16.2. The van der Waals surface area contributed by atoms with E-state index in [1.807, 2.05) is 0 Å². The van der Waals surface area contributed by atoms with Crippen LogP contribution in [-0.2, 0) is 9.53 Å². The highest BCUT2D eigenvalue weighted by atomic mass is 19.1. The molecule has 0 atom stereocenters. The van der Waals surface area contributed by atoms with Crippen LogP contribution in [0.3, 0.4) is 0 Å². The number of carbonyl (C=O) groups is 2. The molecule has 1 saturated heterocycles. The molecular weight excluding hydrogens is 279 g/mol. The van der Waals surface area contributed by atoms with Crippen molar-refractivity contribution in [3.8, 4) is 0 Å². The van der Waals surface area contributed by atoms with E-state index in [1.54, 1.807) is 19.9 Å². The Kier molecular flexibility index (Phi) is 4.13. The summed E-state index contributed by atoms with van der Waals surface area (Å²) < 4.78 is 18.4. The second-order valence-electron chi connectivity index (χ2n) is 5.38. The fourth-order valence-electron chi connectivity index (χ4n) is 2.16. The molecule has 6 nitrogen and oxygen atoms in total. The Morgan fingerprint density at radius 2 is 2.14 bits per heavy atom. The zero-order valence-electron chi connectivity index (χ0n) is 11.9. The van der Waals surface area contributed by atoms with Gasteiger partial charge in [-0.1, -0.05) is 0 Å². The second kappa shape index (κ2) is 5.69. The Labute approximate surface area is 121 Å². The van der Waals surface area contributed by atoms with Gasteiger partial charge in [-0.2, -0.15) is 0 Å². The van der Waals surface area contributed by atoms with Gasteiger partial charge in [0.25, 0.3) is 0 Å². The maximum atomic E-state index is 13.1. The highest BCUT2D eigenvalue weighted by Crippen LogP contribution is 2.25. The predicted octanol–water partition coefficient (Wildman–Crippen LogP) is 1.84. The van der Waals surface area contributed by atoms with E-state index in [0.717, 1.165) is 0 Å². The molecule has 1 aliphatic rings. The number of likely N-dealkylation sites (tertiary alicyclic amines) is 1. The van der Waals surface area contributed by atoms with Crippen molar-refractivity contribution in [2.75, 3.05) is 25.0 Å². The van der Waals surface area contributed by atoms with Crippen molar-refractivity contribution < 1.29 is 23.8 Å². The van der Waals surface area contributed by atoms with Crippen LogP contribution in [0.2, 0.25) is 0 Å². The molecule has 1 aromatic carbocycles. The van der Waals surface area contributed by atoms with Crippen molar-refractivity contribution >= 4 is 17.7 Å². The summed E-state index contributed by atoms with van der Waals surface area (Å²) in [4.78, 5) is 23.9. The SMILES string of the molecule is Cc1cc(NC(=O)N2CC(C)(OCC(=O)O)C2)ccc1F. The van der Waals surface area contributed by atoms with Gasteiger partial charge in [0.1, 0.15) is 18.0 Å². The summed E-state index contributed by atoms with van der Waals surface area (Å²) in [6.07, 6.45) is 0. The number of hydrogen-bond donors (Lipinski definition) is 2. The van der Waals surface area contributed by atoms with Gasteiger partial charge in [-0.3, -0.25) is 0 Å². The minimum Gasteiger partial charge on any atom is -0.480 e. The van der Waals surface area contributed by atoms with E-state index in [9.17, 15) is 14.0 Å². The molecule has 2 N–H and O–H groups in total. The number of ether oxygens (including phenoxy) is 1. The molecule has 0 bridgehead atoms. The average molecular weight is 296 g/mol. The fraction of sp³-hybridized carbons (Fsp3) is 0.429. The Morgan fingerprint density at radius 1 is 1.48 bits per heavy atom. The third kappa shape index (κ3) is 3.69. The molecule has 0 spiro atoms. The number of hydrogen-bond acceptors (Lipinski definition) is 3. The smallest absolute Gasteiger partial charge is 0.329 e. The lowest BCUT2D eigenvalue weighted by molar-refractivity contribution is -0.159. The van der Waals surface area contributed by atoms with Crippen molar-refractivity contribution in [2.45, 2.75) is 19.4 Å². The second-order valence-corrected chi connectivity index (χ2v) is 5.38. The van der Waals surface area contributed by atoms with Crippen LogP contribution >= 0.6 is 0 Å². The van der Waals surface area contributed by atoms with Gasteiger partial charge in [0.2, 0.25) is 0 Å². The first-order chi connectivity index (χ1) is 9.79. The van der Waals surface area contributed by atoms with Crippen LogP contribution in [0.25, 0.3) is 0 Å². The van der Waals surface area contributed by atoms with E-state index in [0.29, 0.717) is 24.3 Å². The maximum Gasteiger partial charge on any atom is 0.329 e. The minimum absolute atomic E-state index is 0.312. The number of anilines is 1. The van der Waals surface area contributed by atoms with Crippen molar-refractivity contribution in [3.05, 3.63) is 29.6 Å². The van der Waals surface area contributed by atoms with Gasteiger partial charge in [-0.25, -0.2) is 14.0 Å². The van der Waals surface area contributed by atoms with Gasteiger partial charge in [0.15, 0.2) is 0 Å². The number of amides is 2. The molecule has 0 aromatic heterocycles. The number of carboxylic acid groups (broad SMARTS) is 1. The number of nitrogens with one attached hydrogen (secondary N) is 1. The van der Waals surface area contributed by atoms with Gasteiger partial charge in [0.05, 0.1) is 13.1 Å². The van der Waals surface area contributed by atoms with E-state index in [4.69, 9.17) is 9.84 Å². The standard InChI is InChI=1S/C14H17FN2O4/c1-9-5-10(3-4-11(9)15)16-13(20)17-7-14(2,8-17)21-6-12(18)19/h3-5H,6-8H2,1-2H3,(H,16,20)(H,18,19). The van der Waals surface area contributed by atoms with Crippen LogP contribution < -0.4 is 5.32 Å². The molecule has 21 heavy (non-hydrogen) atoms. The Balaban J connectivity index is 1.86. The Morgan fingerprint density at radius 3 is 2.71 bits per heavy atom. The lowest BCUT2D eigenvalue weighted by Crippen LogP contribution is -2.64. The first-order valence-electron chi connectivity index (χ1n) is 6.47. The monoisotopic (exact) mass is 296 g/mol. The number of benzene rings is 1. The summed E-state index contributed by atoms with van der Waals surface area (Å²) in [7, 11) is 0. The first kappa shape index (κ1) is 15.2. The minimum atomic E-state index is -1.04. The summed E-state index contributed by atoms with van der Waals surface area (Å²) in [5.41, 5.74) is 0.332. The molecule has 7 heteroatoms. The van der Waals surface area contributed by atoms with Gasteiger partial charge >= 0.3 is 12.0 Å². The summed E-state index contributed by atoms with van der Waals surface area (Å²) >= 11 is 0. The highest BCUT2D eigenvalue weighted by Gasteiger charge is 2.42. The van der Waals surface area contributed by atoms with Crippen molar-refractivity contribution in [3.63, 3.8) is 0 Å². The number of aliphatic carboxylic acids is 1. The maximum absolute atomic E-state index is 13.1. The van der Waals surface area contributed by atoms with Crippen molar-refractivity contribution in [2.24, 2.45) is 0 Å². The zero-order valence-corrected chi connectivity index (χ0v) is 11.9. The van der Waals surface area contributed by atoms with E-state index < -0.39 is 11.6 Å². The van der Waals surface area contributed by atoms with Gasteiger partial charge in [-0.15, -0.1) is 0 Å². The quantitative estimate of drug-likeness (QED) is 0.888. The molecule has 2 rings (SSSR count). The number of carbonyl (C=O) groups excluding carboxylic acids is 1. The Hall–Kier alpha value is -2.15. The van der Waals surface area contributed by atoms with Crippen LogP contribution in [0.15, 0.2) is 18.2 Å².